The van der Waals surface area contributed by atoms with E-state index in [0.29, 0.717) is 0 Å². The van der Waals surface area contributed by atoms with E-state index < -0.39 is 6.10 Å². The first kappa shape index (κ1) is 19.7. The van der Waals surface area contributed by atoms with Crippen LogP contribution < -0.4 is 10.1 Å². The summed E-state index contributed by atoms with van der Waals surface area (Å²) in [5, 5.41) is 3.16. The van der Waals surface area contributed by atoms with Gasteiger partial charge in [-0.2, -0.15) is 0 Å². The summed E-state index contributed by atoms with van der Waals surface area (Å²) < 4.78 is 5.97. The van der Waals surface area contributed by atoms with Crippen LogP contribution in [0.25, 0.3) is 0 Å². The Morgan fingerprint density at radius 3 is 2.14 bits per heavy atom. The molecule has 0 aliphatic heterocycles. The van der Waals surface area contributed by atoms with Crippen LogP contribution in [-0.4, -0.2) is 12.0 Å². The summed E-state index contributed by atoms with van der Waals surface area (Å²) in [6.07, 6.45) is -0.600. The van der Waals surface area contributed by atoms with E-state index >= 15 is 0 Å². The zero-order valence-corrected chi connectivity index (χ0v) is 16.9. The molecular formula is C25H27NO2. The van der Waals surface area contributed by atoms with Crippen LogP contribution in [0, 0.1) is 20.8 Å². The van der Waals surface area contributed by atoms with Gasteiger partial charge >= 0.3 is 0 Å². The number of ether oxygens (including phenoxy) is 1. The maximum Gasteiger partial charge on any atom is 0.261 e. The van der Waals surface area contributed by atoms with E-state index in [2.05, 4.69) is 36.5 Å². The van der Waals surface area contributed by atoms with Gasteiger partial charge in [-0.1, -0.05) is 72.3 Å². The molecule has 0 aliphatic rings. The Morgan fingerprint density at radius 1 is 0.821 bits per heavy atom. The van der Waals surface area contributed by atoms with Crippen LogP contribution in [0.2, 0.25) is 0 Å². The second kappa shape index (κ2) is 8.75. The van der Waals surface area contributed by atoms with E-state index in [1.807, 2.05) is 62.4 Å². The van der Waals surface area contributed by atoms with Gasteiger partial charge in [-0.05, 0) is 56.0 Å². The SMILES string of the molecule is Cc1ccc([C@H](NC(=O)[C@H](C)Oc2cccc(C)c2C)c2ccccc2)cc1. The highest BCUT2D eigenvalue weighted by Crippen LogP contribution is 2.24. The van der Waals surface area contributed by atoms with Crippen LogP contribution in [0.3, 0.4) is 0 Å². The molecule has 3 rings (SSSR count). The highest BCUT2D eigenvalue weighted by molar-refractivity contribution is 5.81. The molecule has 0 unspecified atom stereocenters. The van der Waals surface area contributed by atoms with Crippen molar-refractivity contribution in [1.82, 2.24) is 5.32 Å². The smallest absolute Gasteiger partial charge is 0.261 e. The van der Waals surface area contributed by atoms with Crippen molar-refractivity contribution in [2.75, 3.05) is 0 Å². The van der Waals surface area contributed by atoms with E-state index in [0.717, 1.165) is 28.0 Å². The predicted octanol–water partition coefficient (Wildman–Crippen LogP) is 5.28. The summed E-state index contributed by atoms with van der Waals surface area (Å²) in [4.78, 5) is 12.9. The minimum absolute atomic E-state index is 0.143. The highest BCUT2D eigenvalue weighted by atomic mass is 16.5. The largest absolute Gasteiger partial charge is 0.481 e. The van der Waals surface area contributed by atoms with Crippen molar-refractivity contribution in [3.8, 4) is 5.75 Å². The molecule has 0 fully saturated rings. The average molecular weight is 373 g/mol. The minimum atomic E-state index is -0.600. The molecule has 0 radical (unpaired) electrons. The number of aryl methyl sites for hydroxylation is 2. The minimum Gasteiger partial charge on any atom is -0.481 e. The van der Waals surface area contributed by atoms with Crippen molar-refractivity contribution < 1.29 is 9.53 Å². The van der Waals surface area contributed by atoms with E-state index in [1.54, 1.807) is 6.92 Å². The van der Waals surface area contributed by atoms with Crippen LogP contribution in [0.15, 0.2) is 72.8 Å². The van der Waals surface area contributed by atoms with Gasteiger partial charge in [-0.3, -0.25) is 4.79 Å². The topological polar surface area (TPSA) is 38.3 Å². The molecule has 0 aromatic heterocycles. The molecule has 0 bridgehead atoms. The van der Waals surface area contributed by atoms with Gasteiger partial charge in [0.15, 0.2) is 6.10 Å². The third kappa shape index (κ3) is 4.61. The number of carbonyl (C=O) groups excluding carboxylic acids is 1. The zero-order chi connectivity index (χ0) is 20.1. The number of hydrogen-bond donors (Lipinski definition) is 1. The second-order valence-electron chi connectivity index (χ2n) is 7.22. The summed E-state index contributed by atoms with van der Waals surface area (Å²) in [6.45, 7) is 7.89. The fourth-order valence-electron chi connectivity index (χ4n) is 3.12. The molecule has 1 N–H and O–H groups in total. The van der Waals surface area contributed by atoms with Gasteiger partial charge in [-0.15, -0.1) is 0 Å². The molecule has 0 saturated heterocycles. The fourth-order valence-corrected chi connectivity index (χ4v) is 3.12. The van der Waals surface area contributed by atoms with Gasteiger partial charge in [0.2, 0.25) is 0 Å². The third-order valence-electron chi connectivity index (χ3n) is 5.06. The van der Waals surface area contributed by atoms with Gasteiger partial charge in [0.25, 0.3) is 5.91 Å². The molecule has 3 nitrogen and oxygen atoms in total. The van der Waals surface area contributed by atoms with Gasteiger partial charge in [0, 0.05) is 0 Å². The monoisotopic (exact) mass is 373 g/mol. The summed E-state index contributed by atoms with van der Waals surface area (Å²) in [6, 6.07) is 23.9. The summed E-state index contributed by atoms with van der Waals surface area (Å²) in [5.41, 5.74) is 5.48. The number of hydrogen-bond acceptors (Lipinski definition) is 2. The Labute approximate surface area is 167 Å². The lowest BCUT2D eigenvalue weighted by atomic mass is 9.97. The Morgan fingerprint density at radius 2 is 1.46 bits per heavy atom. The number of carbonyl (C=O) groups is 1. The Kier molecular flexibility index (Phi) is 6.15. The predicted molar refractivity (Wildman–Crippen MR) is 114 cm³/mol. The Hall–Kier alpha value is -3.07. The van der Waals surface area contributed by atoms with E-state index in [-0.39, 0.29) is 11.9 Å². The standard InChI is InChI=1S/C25H27NO2/c1-17-13-15-22(16-14-17)24(21-10-6-5-7-11-21)26-25(27)20(4)28-23-12-8-9-18(2)19(23)3/h5-16,20,24H,1-4H3,(H,26,27)/t20-,24+/m0/s1. The first-order valence-corrected chi connectivity index (χ1v) is 9.60. The van der Waals surface area contributed by atoms with Crippen molar-refractivity contribution in [3.63, 3.8) is 0 Å². The number of benzene rings is 3. The zero-order valence-electron chi connectivity index (χ0n) is 16.9. The summed E-state index contributed by atoms with van der Waals surface area (Å²) >= 11 is 0. The van der Waals surface area contributed by atoms with E-state index in [4.69, 9.17) is 4.74 Å². The molecule has 0 saturated carbocycles. The third-order valence-corrected chi connectivity index (χ3v) is 5.06. The summed E-state index contributed by atoms with van der Waals surface area (Å²) in [5.74, 6) is 0.601. The molecule has 0 spiro atoms. The van der Waals surface area contributed by atoms with Crippen LogP contribution >= 0.6 is 0 Å². The maximum absolute atomic E-state index is 12.9. The van der Waals surface area contributed by atoms with Crippen LogP contribution in [-0.2, 0) is 4.79 Å². The first-order valence-electron chi connectivity index (χ1n) is 9.60. The van der Waals surface area contributed by atoms with Gasteiger partial charge < -0.3 is 10.1 Å². The number of amides is 1. The van der Waals surface area contributed by atoms with Crippen molar-refractivity contribution in [2.24, 2.45) is 0 Å². The first-order chi connectivity index (χ1) is 13.5. The van der Waals surface area contributed by atoms with Crippen molar-refractivity contribution >= 4 is 5.91 Å². The molecule has 1 amide bonds. The van der Waals surface area contributed by atoms with Crippen molar-refractivity contribution in [1.29, 1.82) is 0 Å². The summed E-state index contributed by atoms with van der Waals surface area (Å²) in [7, 11) is 0. The Bertz CT molecular complexity index is 933. The fraction of sp³-hybridized carbons (Fsp3) is 0.240. The van der Waals surface area contributed by atoms with Crippen LogP contribution in [0.4, 0.5) is 0 Å². The highest BCUT2D eigenvalue weighted by Gasteiger charge is 2.22. The quantitative estimate of drug-likeness (QED) is 0.638. The van der Waals surface area contributed by atoms with E-state index in [1.165, 1.54) is 5.56 Å². The van der Waals surface area contributed by atoms with Gasteiger partial charge in [-0.25, -0.2) is 0 Å². The lowest BCUT2D eigenvalue weighted by molar-refractivity contribution is -0.127. The Balaban J connectivity index is 1.81. The maximum atomic E-state index is 12.9. The van der Waals surface area contributed by atoms with Crippen molar-refractivity contribution in [3.05, 3.63) is 101 Å². The van der Waals surface area contributed by atoms with Gasteiger partial charge in [0.1, 0.15) is 5.75 Å². The second-order valence-corrected chi connectivity index (χ2v) is 7.22. The van der Waals surface area contributed by atoms with Gasteiger partial charge in [0.05, 0.1) is 6.04 Å². The van der Waals surface area contributed by atoms with Crippen LogP contribution in [0.5, 0.6) is 5.75 Å². The van der Waals surface area contributed by atoms with E-state index in [9.17, 15) is 4.79 Å². The lowest BCUT2D eigenvalue weighted by Crippen LogP contribution is -2.39. The molecular weight excluding hydrogens is 346 g/mol. The molecule has 3 aromatic carbocycles. The molecule has 0 heterocycles. The average Bonchev–Trinajstić information content (AvgIpc) is 2.71. The number of rotatable bonds is 6. The lowest BCUT2D eigenvalue weighted by Gasteiger charge is -2.23. The number of nitrogens with one attached hydrogen (secondary N) is 1. The molecule has 144 valence electrons. The molecule has 28 heavy (non-hydrogen) atoms. The normalized spacial score (nSPS) is 12.9. The molecule has 3 heteroatoms. The molecule has 0 aliphatic carbocycles. The molecule has 3 aromatic rings. The van der Waals surface area contributed by atoms with Crippen molar-refractivity contribution in [2.45, 2.75) is 39.8 Å². The molecule has 2 atom stereocenters. The van der Waals surface area contributed by atoms with Crippen LogP contribution in [0.1, 0.15) is 40.8 Å².